The summed E-state index contributed by atoms with van der Waals surface area (Å²) < 4.78 is 2.02. The third kappa shape index (κ3) is 2.61. The van der Waals surface area contributed by atoms with E-state index in [-0.39, 0.29) is 5.54 Å². The van der Waals surface area contributed by atoms with Crippen molar-refractivity contribution >= 4 is 0 Å². The van der Waals surface area contributed by atoms with Crippen molar-refractivity contribution in [3.63, 3.8) is 0 Å². The van der Waals surface area contributed by atoms with Gasteiger partial charge in [0.2, 0.25) is 0 Å². The number of piperazine rings is 1. The molecule has 2 aliphatic rings. The van der Waals surface area contributed by atoms with Gasteiger partial charge in [-0.1, -0.05) is 6.92 Å². The summed E-state index contributed by atoms with van der Waals surface area (Å²) in [7, 11) is 0. The summed E-state index contributed by atoms with van der Waals surface area (Å²) in [6, 6.07) is 0.674. The SMILES string of the molecule is CCn1ncnc1CN1CC(C2CC2)NCC1(C)CC. The molecule has 20 heavy (non-hydrogen) atoms. The van der Waals surface area contributed by atoms with Gasteiger partial charge in [0.25, 0.3) is 0 Å². The van der Waals surface area contributed by atoms with Crippen LogP contribution in [0.1, 0.15) is 45.9 Å². The third-order valence-electron chi connectivity index (χ3n) is 5.21. The van der Waals surface area contributed by atoms with Crippen LogP contribution < -0.4 is 5.32 Å². The first-order valence-electron chi connectivity index (χ1n) is 8.01. The fourth-order valence-corrected chi connectivity index (χ4v) is 3.25. The third-order valence-corrected chi connectivity index (χ3v) is 5.21. The molecule has 0 bridgehead atoms. The van der Waals surface area contributed by atoms with Gasteiger partial charge in [-0.05, 0) is 39.0 Å². The van der Waals surface area contributed by atoms with E-state index in [1.165, 1.54) is 12.8 Å². The summed E-state index contributed by atoms with van der Waals surface area (Å²) in [4.78, 5) is 7.08. The normalized spacial score (nSPS) is 31.6. The molecule has 2 fully saturated rings. The van der Waals surface area contributed by atoms with Crippen LogP contribution in [0.4, 0.5) is 0 Å². The lowest BCUT2D eigenvalue weighted by atomic mass is 9.91. The van der Waals surface area contributed by atoms with Gasteiger partial charge in [-0.15, -0.1) is 0 Å². The minimum Gasteiger partial charge on any atom is -0.311 e. The molecule has 3 rings (SSSR count). The first kappa shape index (κ1) is 14.0. The van der Waals surface area contributed by atoms with Crippen LogP contribution in [0.2, 0.25) is 0 Å². The number of hydrogen-bond donors (Lipinski definition) is 1. The van der Waals surface area contributed by atoms with Gasteiger partial charge < -0.3 is 5.32 Å². The van der Waals surface area contributed by atoms with E-state index in [0.29, 0.717) is 6.04 Å². The van der Waals surface area contributed by atoms with Crippen LogP contribution in [0, 0.1) is 5.92 Å². The molecule has 2 heterocycles. The zero-order valence-corrected chi connectivity index (χ0v) is 13.0. The molecule has 1 aromatic heterocycles. The van der Waals surface area contributed by atoms with Crippen molar-refractivity contribution < 1.29 is 0 Å². The van der Waals surface area contributed by atoms with Gasteiger partial charge in [0.1, 0.15) is 12.2 Å². The number of nitrogens with zero attached hydrogens (tertiary/aromatic N) is 4. The Morgan fingerprint density at radius 3 is 2.85 bits per heavy atom. The highest BCUT2D eigenvalue weighted by Crippen LogP contribution is 2.36. The van der Waals surface area contributed by atoms with Gasteiger partial charge in [-0.2, -0.15) is 5.10 Å². The molecule has 1 aliphatic heterocycles. The fraction of sp³-hybridized carbons (Fsp3) is 0.867. The summed E-state index contributed by atoms with van der Waals surface area (Å²) >= 11 is 0. The molecular weight excluding hydrogens is 250 g/mol. The lowest BCUT2D eigenvalue weighted by Crippen LogP contribution is -2.63. The minimum atomic E-state index is 0.232. The second kappa shape index (κ2) is 5.45. The number of nitrogens with one attached hydrogen (secondary N) is 1. The Labute approximate surface area is 121 Å². The molecule has 2 atom stereocenters. The lowest BCUT2D eigenvalue weighted by Gasteiger charge is -2.48. The van der Waals surface area contributed by atoms with Gasteiger partial charge in [0.05, 0.1) is 6.54 Å². The number of aromatic nitrogens is 3. The van der Waals surface area contributed by atoms with Gasteiger partial charge in [-0.3, -0.25) is 4.90 Å². The van der Waals surface area contributed by atoms with Crippen LogP contribution in [0.15, 0.2) is 6.33 Å². The van der Waals surface area contributed by atoms with E-state index in [4.69, 9.17) is 0 Å². The quantitative estimate of drug-likeness (QED) is 0.889. The van der Waals surface area contributed by atoms with E-state index in [0.717, 1.165) is 44.3 Å². The van der Waals surface area contributed by atoms with Crippen molar-refractivity contribution in [1.29, 1.82) is 0 Å². The van der Waals surface area contributed by atoms with Crippen LogP contribution in [-0.4, -0.2) is 44.3 Å². The van der Waals surface area contributed by atoms with Gasteiger partial charge in [0.15, 0.2) is 0 Å². The molecule has 1 aliphatic carbocycles. The Balaban J connectivity index is 1.75. The van der Waals surface area contributed by atoms with Crippen LogP contribution in [-0.2, 0) is 13.1 Å². The zero-order valence-electron chi connectivity index (χ0n) is 13.0. The standard InChI is InChI=1S/C15H27N5/c1-4-15(3)10-16-13(12-6-7-12)8-19(15)9-14-17-11-18-20(14)5-2/h11-13,16H,4-10H2,1-3H3. The maximum absolute atomic E-state index is 4.46. The number of hydrogen-bond acceptors (Lipinski definition) is 4. The molecule has 2 unspecified atom stereocenters. The molecule has 0 spiro atoms. The minimum absolute atomic E-state index is 0.232. The van der Waals surface area contributed by atoms with Crippen LogP contribution in [0.3, 0.4) is 0 Å². The predicted octanol–water partition coefficient (Wildman–Crippen LogP) is 1.65. The molecule has 1 aromatic rings. The summed E-state index contributed by atoms with van der Waals surface area (Å²) in [6.07, 6.45) is 5.65. The Hall–Kier alpha value is -0.940. The molecule has 5 nitrogen and oxygen atoms in total. The van der Waals surface area contributed by atoms with Crippen molar-refractivity contribution in [2.75, 3.05) is 13.1 Å². The zero-order chi connectivity index (χ0) is 14.2. The summed E-state index contributed by atoms with van der Waals surface area (Å²) in [5.41, 5.74) is 0.232. The molecule has 1 saturated heterocycles. The van der Waals surface area contributed by atoms with Crippen LogP contribution in [0.5, 0.6) is 0 Å². The molecule has 1 N–H and O–H groups in total. The molecule has 0 amide bonds. The summed E-state index contributed by atoms with van der Waals surface area (Å²) in [5.74, 6) is 2.01. The monoisotopic (exact) mass is 277 g/mol. The number of rotatable bonds is 5. The van der Waals surface area contributed by atoms with Crippen LogP contribution in [0.25, 0.3) is 0 Å². The van der Waals surface area contributed by atoms with Gasteiger partial charge in [-0.25, -0.2) is 9.67 Å². The van der Waals surface area contributed by atoms with Crippen molar-refractivity contribution in [2.45, 2.75) is 64.7 Å². The Bertz CT molecular complexity index is 453. The first-order valence-corrected chi connectivity index (χ1v) is 8.01. The molecule has 0 radical (unpaired) electrons. The second-order valence-electron chi connectivity index (χ2n) is 6.55. The average Bonchev–Trinajstić information content (AvgIpc) is 3.21. The smallest absolute Gasteiger partial charge is 0.141 e. The van der Waals surface area contributed by atoms with Crippen molar-refractivity contribution in [1.82, 2.24) is 25.0 Å². The highest BCUT2D eigenvalue weighted by atomic mass is 15.4. The van der Waals surface area contributed by atoms with E-state index in [2.05, 4.69) is 41.1 Å². The van der Waals surface area contributed by atoms with Gasteiger partial charge in [0, 0.05) is 31.2 Å². The average molecular weight is 277 g/mol. The van der Waals surface area contributed by atoms with E-state index >= 15 is 0 Å². The fourth-order valence-electron chi connectivity index (χ4n) is 3.25. The van der Waals surface area contributed by atoms with E-state index in [1.807, 2.05) is 4.68 Å². The molecule has 0 aromatic carbocycles. The van der Waals surface area contributed by atoms with Crippen LogP contribution >= 0.6 is 0 Å². The molecule has 1 saturated carbocycles. The molecule has 5 heteroatoms. The van der Waals surface area contributed by atoms with Gasteiger partial charge >= 0.3 is 0 Å². The lowest BCUT2D eigenvalue weighted by molar-refractivity contribution is 0.0336. The van der Waals surface area contributed by atoms with Crippen molar-refractivity contribution in [3.05, 3.63) is 12.2 Å². The highest BCUT2D eigenvalue weighted by molar-refractivity contribution is 5.01. The Kier molecular flexibility index (Phi) is 3.82. The molecular formula is C15H27N5. The van der Waals surface area contributed by atoms with Crippen molar-refractivity contribution in [2.24, 2.45) is 5.92 Å². The van der Waals surface area contributed by atoms with Crippen molar-refractivity contribution in [3.8, 4) is 0 Å². The topological polar surface area (TPSA) is 46.0 Å². The van der Waals surface area contributed by atoms with E-state index in [1.54, 1.807) is 6.33 Å². The summed E-state index contributed by atoms with van der Waals surface area (Å²) in [6.45, 7) is 10.8. The molecule has 112 valence electrons. The Morgan fingerprint density at radius 1 is 1.40 bits per heavy atom. The number of aryl methyl sites for hydroxylation is 1. The summed E-state index contributed by atoms with van der Waals surface area (Å²) in [5, 5.41) is 8.08. The maximum atomic E-state index is 4.46. The largest absolute Gasteiger partial charge is 0.311 e. The predicted molar refractivity (Wildman–Crippen MR) is 79.3 cm³/mol. The van der Waals surface area contributed by atoms with E-state index < -0.39 is 0 Å². The highest BCUT2D eigenvalue weighted by Gasteiger charge is 2.42. The second-order valence-corrected chi connectivity index (χ2v) is 6.55. The Morgan fingerprint density at radius 2 is 2.20 bits per heavy atom. The maximum Gasteiger partial charge on any atom is 0.141 e. The first-order chi connectivity index (χ1) is 9.66. The van der Waals surface area contributed by atoms with E-state index in [9.17, 15) is 0 Å².